The van der Waals surface area contributed by atoms with Crippen molar-refractivity contribution in [3.8, 4) is 0 Å². The molecule has 6 nitrogen and oxygen atoms in total. The number of esters is 1. The number of alkyl carbamates (subject to hydrolysis) is 1. The van der Waals surface area contributed by atoms with Crippen LogP contribution in [0.25, 0.3) is 0 Å². The first-order chi connectivity index (χ1) is 10.7. The largest absolute Gasteiger partial charge is 0.463 e. The van der Waals surface area contributed by atoms with Gasteiger partial charge in [-0.1, -0.05) is 20.8 Å². The van der Waals surface area contributed by atoms with Gasteiger partial charge in [-0.15, -0.1) is 0 Å². The van der Waals surface area contributed by atoms with Crippen molar-refractivity contribution < 1.29 is 23.5 Å². The topological polar surface area (TPSA) is 73.9 Å². The molecule has 24 heavy (non-hydrogen) atoms. The van der Waals surface area contributed by atoms with Crippen LogP contribution in [0.15, 0.2) is 11.8 Å². The summed E-state index contributed by atoms with van der Waals surface area (Å²) in [4.78, 5) is 23.7. The number of hydrogen-bond donors (Lipinski definition) is 1. The van der Waals surface area contributed by atoms with E-state index in [1.54, 1.807) is 27.7 Å². The maximum absolute atomic E-state index is 12.0. The number of carbonyl (C=O) groups is 2. The molecule has 0 atom stereocenters. The second kappa shape index (κ2) is 8.67. The molecule has 1 amide bonds. The van der Waals surface area contributed by atoms with Gasteiger partial charge in [-0.25, -0.2) is 9.59 Å². The van der Waals surface area contributed by atoms with Crippen LogP contribution in [0.1, 0.15) is 48.5 Å². The Balaban J connectivity index is 5.09. The Kier molecular flexibility index (Phi) is 8.18. The van der Waals surface area contributed by atoms with E-state index in [9.17, 15) is 9.59 Å². The third kappa shape index (κ3) is 9.07. The number of hydrogen-bond acceptors (Lipinski definition) is 5. The van der Waals surface area contributed by atoms with Gasteiger partial charge in [0.15, 0.2) is 8.32 Å². The van der Waals surface area contributed by atoms with E-state index in [4.69, 9.17) is 13.9 Å². The predicted octanol–water partition coefficient (Wildman–Crippen LogP) is 3.98. The van der Waals surface area contributed by atoms with Crippen LogP contribution in [0.5, 0.6) is 0 Å². The summed E-state index contributed by atoms with van der Waals surface area (Å²) in [7, 11) is -2.02. The lowest BCUT2D eigenvalue weighted by Gasteiger charge is -2.36. The molecule has 0 heterocycles. The van der Waals surface area contributed by atoms with Gasteiger partial charge < -0.3 is 13.9 Å². The van der Waals surface area contributed by atoms with Crippen molar-refractivity contribution in [2.75, 3.05) is 13.2 Å². The van der Waals surface area contributed by atoms with Crippen LogP contribution in [0.4, 0.5) is 4.79 Å². The van der Waals surface area contributed by atoms with Gasteiger partial charge in [0.25, 0.3) is 0 Å². The molecule has 0 aliphatic heterocycles. The lowest BCUT2D eigenvalue weighted by atomic mass is 10.2. The van der Waals surface area contributed by atoms with Crippen molar-refractivity contribution in [2.45, 2.75) is 72.2 Å². The second-order valence-corrected chi connectivity index (χ2v) is 12.9. The molecular weight excluding hydrogens is 326 g/mol. The van der Waals surface area contributed by atoms with Crippen molar-refractivity contribution in [1.29, 1.82) is 0 Å². The Morgan fingerprint density at radius 3 is 2.04 bits per heavy atom. The summed E-state index contributed by atoms with van der Waals surface area (Å²) in [6.07, 6.45) is 0.609. The molecule has 0 aromatic rings. The van der Waals surface area contributed by atoms with Gasteiger partial charge in [-0.3, -0.25) is 5.32 Å². The molecule has 0 unspecified atom stereocenters. The van der Waals surface area contributed by atoms with Crippen LogP contribution in [0.2, 0.25) is 18.1 Å². The van der Waals surface area contributed by atoms with Crippen molar-refractivity contribution in [3.63, 3.8) is 0 Å². The van der Waals surface area contributed by atoms with Crippen LogP contribution in [-0.2, 0) is 18.7 Å². The van der Waals surface area contributed by atoms with Gasteiger partial charge in [-0.05, 0) is 45.8 Å². The Morgan fingerprint density at radius 2 is 1.62 bits per heavy atom. The molecule has 0 aliphatic carbocycles. The third-order valence-electron chi connectivity index (χ3n) is 3.63. The maximum Gasteiger partial charge on any atom is 0.411 e. The SMILES string of the molecule is CCOC(=O)C=C(CO[Si](C)(C)C(C)(C)C)NC(=O)OC(C)(C)C. The van der Waals surface area contributed by atoms with E-state index in [2.05, 4.69) is 39.2 Å². The fourth-order valence-corrected chi connectivity index (χ4v) is 2.30. The van der Waals surface area contributed by atoms with Crippen LogP contribution in [-0.4, -0.2) is 39.2 Å². The molecule has 0 aromatic heterocycles. The summed E-state index contributed by atoms with van der Waals surface area (Å²) < 4.78 is 16.2. The Labute approximate surface area is 147 Å². The smallest absolute Gasteiger partial charge is 0.411 e. The van der Waals surface area contributed by atoms with Crippen molar-refractivity contribution >= 4 is 20.4 Å². The van der Waals surface area contributed by atoms with Crippen LogP contribution in [0, 0.1) is 0 Å². The second-order valence-electron chi connectivity index (χ2n) is 8.10. The standard InChI is InChI=1S/C17H33NO5Si/c1-10-21-14(19)11-13(18-15(20)23-16(2,3)4)12-22-24(8,9)17(5,6)7/h11H,10,12H2,1-9H3,(H,18,20). The van der Waals surface area contributed by atoms with Gasteiger partial charge in [0, 0.05) is 6.08 Å². The number of nitrogens with one attached hydrogen (secondary N) is 1. The van der Waals surface area contributed by atoms with E-state index in [1.165, 1.54) is 6.08 Å². The summed E-state index contributed by atoms with van der Waals surface area (Å²) in [6.45, 7) is 18.0. The number of carbonyl (C=O) groups excluding carboxylic acids is 2. The first kappa shape index (κ1) is 22.7. The van der Waals surface area contributed by atoms with Gasteiger partial charge in [-0.2, -0.15) is 0 Å². The van der Waals surface area contributed by atoms with E-state index in [1.807, 2.05) is 0 Å². The van der Waals surface area contributed by atoms with E-state index in [-0.39, 0.29) is 18.3 Å². The summed E-state index contributed by atoms with van der Waals surface area (Å²) >= 11 is 0. The minimum Gasteiger partial charge on any atom is -0.463 e. The van der Waals surface area contributed by atoms with E-state index in [0.29, 0.717) is 5.70 Å². The molecule has 0 bridgehead atoms. The molecule has 140 valence electrons. The molecule has 7 heteroatoms. The van der Waals surface area contributed by atoms with Gasteiger partial charge in [0.2, 0.25) is 0 Å². The van der Waals surface area contributed by atoms with Crippen LogP contribution in [0.3, 0.4) is 0 Å². The number of ether oxygens (including phenoxy) is 2. The third-order valence-corrected chi connectivity index (χ3v) is 8.11. The monoisotopic (exact) mass is 359 g/mol. The number of rotatable bonds is 6. The quantitative estimate of drug-likeness (QED) is 0.441. The van der Waals surface area contributed by atoms with Crippen LogP contribution < -0.4 is 5.32 Å². The minimum atomic E-state index is -2.02. The highest BCUT2D eigenvalue weighted by molar-refractivity contribution is 6.74. The zero-order chi connectivity index (χ0) is 19.2. The number of amides is 1. The first-order valence-corrected chi connectivity index (χ1v) is 11.1. The average Bonchev–Trinajstić information content (AvgIpc) is 2.32. The first-order valence-electron chi connectivity index (χ1n) is 8.19. The summed E-state index contributed by atoms with van der Waals surface area (Å²) in [5, 5.41) is 2.61. The Bertz CT molecular complexity index is 472. The highest BCUT2D eigenvalue weighted by Crippen LogP contribution is 2.36. The molecular formula is C17H33NO5Si. The van der Waals surface area contributed by atoms with E-state index in [0.717, 1.165) is 0 Å². The molecule has 0 aliphatic rings. The average molecular weight is 360 g/mol. The summed E-state index contributed by atoms with van der Waals surface area (Å²) in [5.41, 5.74) is -0.299. The molecule has 0 radical (unpaired) electrons. The highest BCUT2D eigenvalue weighted by Gasteiger charge is 2.37. The molecule has 0 saturated heterocycles. The molecule has 0 saturated carbocycles. The van der Waals surface area contributed by atoms with Crippen molar-refractivity contribution in [1.82, 2.24) is 5.32 Å². The zero-order valence-electron chi connectivity index (χ0n) is 16.5. The normalized spacial score (nSPS) is 13.5. The fraction of sp³-hybridized carbons (Fsp3) is 0.765. The lowest BCUT2D eigenvalue weighted by molar-refractivity contribution is -0.137. The Hall–Kier alpha value is -1.34. The molecule has 0 fully saturated rings. The molecule has 0 rings (SSSR count). The maximum atomic E-state index is 12.0. The predicted molar refractivity (Wildman–Crippen MR) is 97.2 cm³/mol. The fourth-order valence-electron chi connectivity index (χ4n) is 1.35. The van der Waals surface area contributed by atoms with Gasteiger partial charge >= 0.3 is 12.1 Å². The zero-order valence-corrected chi connectivity index (χ0v) is 17.5. The Morgan fingerprint density at radius 1 is 1.08 bits per heavy atom. The lowest BCUT2D eigenvalue weighted by Crippen LogP contribution is -2.42. The summed E-state index contributed by atoms with van der Waals surface area (Å²) in [5.74, 6) is -0.526. The highest BCUT2D eigenvalue weighted by atomic mass is 28.4. The molecule has 0 aromatic carbocycles. The van der Waals surface area contributed by atoms with Crippen molar-refractivity contribution in [3.05, 3.63) is 11.8 Å². The van der Waals surface area contributed by atoms with Gasteiger partial charge in [0.05, 0.1) is 18.9 Å². The van der Waals surface area contributed by atoms with E-state index >= 15 is 0 Å². The van der Waals surface area contributed by atoms with Crippen molar-refractivity contribution in [2.24, 2.45) is 0 Å². The minimum absolute atomic E-state index is 0.0218. The van der Waals surface area contributed by atoms with Crippen LogP contribution >= 0.6 is 0 Å². The van der Waals surface area contributed by atoms with E-state index < -0.39 is 26.0 Å². The molecule has 0 spiro atoms. The molecule has 1 N–H and O–H groups in total. The van der Waals surface area contributed by atoms with Gasteiger partial charge in [0.1, 0.15) is 5.60 Å². The summed E-state index contributed by atoms with van der Waals surface area (Å²) in [6, 6.07) is 0.